The predicted molar refractivity (Wildman–Crippen MR) is 266 cm³/mol. The third-order valence-electron chi connectivity index (χ3n) is 13.7. The number of aliphatic hydroxyl groups is 1. The Morgan fingerprint density at radius 3 is 1.93 bits per heavy atom. The van der Waals surface area contributed by atoms with Crippen molar-refractivity contribution in [3.8, 4) is 0 Å². The summed E-state index contributed by atoms with van der Waals surface area (Å²) in [5.41, 5.74) is 1.85. The van der Waals surface area contributed by atoms with Crippen LogP contribution in [0.25, 0.3) is 0 Å². The van der Waals surface area contributed by atoms with Gasteiger partial charge in [0.15, 0.2) is 41.8 Å². The smallest absolute Gasteiger partial charge is 0.303 e. The maximum Gasteiger partial charge on any atom is 0.303 e. The second kappa shape index (κ2) is 28.2. The molecule has 5 aliphatic heterocycles. The minimum atomic E-state index is -1.35. The van der Waals surface area contributed by atoms with Crippen molar-refractivity contribution in [3.63, 3.8) is 0 Å². The first-order valence-electron chi connectivity index (χ1n) is 25.7. The van der Waals surface area contributed by atoms with Gasteiger partial charge in [-0.25, -0.2) is 0 Å². The van der Waals surface area contributed by atoms with Crippen molar-refractivity contribution in [1.29, 1.82) is 0 Å². The molecule has 1 N–H and O–H groups in total. The molecule has 1 unspecified atom stereocenters. The van der Waals surface area contributed by atoms with Crippen LogP contribution in [0.1, 0.15) is 97.1 Å². The Morgan fingerprint density at radius 2 is 1.36 bits per heavy atom. The van der Waals surface area contributed by atoms with Gasteiger partial charge in [-0.15, -0.1) is 13.2 Å². The van der Waals surface area contributed by atoms with Gasteiger partial charge in [-0.2, -0.15) is 0 Å². The summed E-state index contributed by atoms with van der Waals surface area (Å²) in [6.45, 7) is 15.0. The third kappa shape index (κ3) is 16.2. The zero-order valence-corrected chi connectivity index (χ0v) is 43.8. The molecule has 0 aromatic heterocycles. The first kappa shape index (κ1) is 59.0. The number of ether oxygens (including phenoxy) is 12. The molecule has 75 heavy (non-hydrogen) atoms. The lowest BCUT2D eigenvalue weighted by Crippen LogP contribution is -2.69. The molecule has 0 spiro atoms. The molecule has 0 amide bonds. The van der Waals surface area contributed by atoms with Crippen LogP contribution in [0.5, 0.6) is 0 Å². The number of aliphatic hydroxyl groups excluding tert-OH is 1. The van der Waals surface area contributed by atoms with Crippen molar-refractivity contribution in [2.45, 2.75) is 190 Å². The standard InChI is InChI=1S/C29H40O9.C27H34O10/c1-6-10-22-13-14-29(32-5)28(36-22)27(35-20(4)31)25-26(38-29)24(34-17-21-11-8-7-9-12-21)23(37-25)15-18(2)16-33-19(3)30;1-4-8-20-11-12-21(31)24(36-20)27(35-17(3)29)26-23(32)25(34-14-18-9-6-5-7-10-18)22(37-26)13-19(30)15-33-16(2)28/h6-9,11-12,18,22-28H,1,10,13-17H2,2-5H3;4-7,9-10,20,22-27,32H,1,8,11-15H2,2-3H3/t18-,22-,23-,24+,25-,26+,27+,28-,29?;20-,22-,23+,24+,25+,26-,27-/m11/s1. The van der Waals surface area contributed by atoms with Gasteiger partial charge in [-0.05, 0) is 49.1 Å². The molecule has 2 aromatic carbocycles. The van der Waals surface area contributed by atoms with Crippen molar-refractivity contribution in [3.05, 3.63) is 97.1 Å². The molecular formula is C56H74O19. The van der Waals surface area contributed by atoms with E-state index in [1.165, 1.54) is 27.7 Å². The molecule has 0 aliphatic carbocycles. The molecular weight excluding hydrogens is 977 g/mol. The average Bonchev–Trinajstić information content (AvgIpc) is 3.88. The van der Waals surface area contributed by atoms with Crippen molar-refractivity contribution in [1.82, 2.24) is 0 Å². The van der Waals surface area contributed by atoms with Crippen molar-refractivity contribution >= 4 is 35.4 Å². The Balaban J connectivity index is 0.000000244. The van der Waals surface area contributed by atoms with Crippen molar-refractivity contribution in [2.75, 3.05) is 20.3 Å². The van der Waals surface area contributed by atoms with Crippen LogP contribution < -0.4 is 0 Å². The molecule has 0 radical (unpaired) electrons. The number of fused-ring (bicyclic) bond motifs is 2. The summed E-state index contributed by atoms with van der Waals surface area (Å²) in [7, 11) is 1.59. The summed E-state index contributed by atoms with van der Waals surface area (Å²) in [5.74, 6) is -3.88. The van der Waals surface area contributed by atoms with E-state index in [0.717, 1.165) is 11.1 Å². The molecule has 19 heteroatoms. The summed E-state index contributed by atoms with van der Waals surface area (Å²) in [4.78, 5) is 72.0. The highest BCUT2D eigenvalue weighted by molar-refractivity contribution is 5.85. The fourth-order valence-electron chi connectivity index (χ4n) is 10.3. The number of esters is 4. The Morgan fingerprint density at radius 1 is 0.747 bits per heavy atom. The maximum atomic E-state index is 12.8. The van der Waals surface area contributed by atoms with Crippen LogP contribution in [-0.2, 0) is 98.8 Å². The number of hydrogen-bond donors (Lipinski definition) is 1. The Labute approximate surface area is 438 Å². The van der Waals surface area contributed by atoms with Crippen molar-refractivity contribution in [2.24, 2.45) is 5.92 Å². The molecule has 5 aliphatic rings. The fourth-order valence-corrected chi connectivity index (χ4v) is 10.3. The van der Waals surface area contributed by atoms with Crippen molar-refractivity contribution < 1.29 is 90.7 Å². The number of benzene rings is 2. The fraction of sp³-hybridized carbons (Fsp3) is 0.607. The summed E-state index contributed by atoms with van der Waals surface area (Å²) in [5, 5.41) is 11.3. The molecule has 19 nitrogen and oxygen atoms in total. The first-order valence-corrected chi connectivity index (χ1v) is 25.7. The average molecular weight is 1050 g/mol. The van der Waals surface area contributed by atoms with E-state index >= 15 is 0 Å². The number of ketones is 2. The van der Waals surface area contributed by atoms with Gasteiger partial charge in [-0.3, -0.25) is 28.8 Å². The molecule has 0 bridgehead atoms. The molecule has 5 heterocycles. The summed E-state index contributed by atoms with van der Waals surface area (Å²) < 4.78 is 71.5. The molecule has 5 fully saturated rings. The number of rotatable bonds is 23. The SMILES string of the molecule is C=CC[C@@H]1CCC(=O)[C@@H]([C@@H](OC(C)=O)[C@@H]2O[C@H](CC(=O)COC(C)=O)[C@H](OCc3ccccc3)[C@@H]2O)O1.C=CC[C@@H]1CCC2(OC)O[C@@H]3[C@@H](O[C@H](C[C@@H](C)COC(C)=O)[C@@H]3OCc3ccccc3)[C@H](OC(C)=O)[C@H]2O1. The normalized spacial score (nSPS) is 31.7. The number of carbonyl (C=O) groups excluding carboxylic acids is 6. The van der Waals surface area contributed by atoms with E-state index in [-0.39, 0.29) is 55.9 Å². The molecule has 2 aromatic rings. The summed E-state index contributed by atoms with van der Waals surface area (Å²) >= 11 is 0. The van der Waals surface area contributed by atoms with Crippen LogP contribution in [0.3, 0.4) is 0 Å². The number of methoxy groups -OCH3 is 1. The van der Waals surface area contributed by atoms with E-state index in [4.69, 9.17) is 56.8 Å². The minimum Gasteiger partial charge on any atom is -0.466 e. The quantitative estimate of drug-likeness (QED) is 0.0814. The molecule has 5 saturated heterocycles. The van der Waals surface area contributed by atoms with Gasteiger partial charge >= 0.3 is 23.9 Å². The Hall–Kier alpha value is -5.22. The lowest BCUT2D eigenvalue weighted by Gasteiger charge is -2.53. The van der Waals surface area contributed by atoms with Gasteiger partial charge in [0, 0.05) is 54.1 Å². The lowest BCUT2D eigenvalue weighted by atomic mass is 9.84. The number of carbonyl (C=O) groups is 6. The highest BCUT2D eigenvalue weighted by atomic mass is 16.8. The van der Waals surface area contributed by atoms with Gasteiger partial charge in [-0.1, -0.05) is 79.7 Å². The van der Waals surface area contributed by atoms with Crippen LogP contribution in [0.15, 0.2) is 86.0 Å². The lowest BCUT2D eigenvalue weighted by molar-refractivity contribution is -0.382. The highest BCUT2D eigenvalue weighted by Gasteiger charge is 2.65. The van der Waals surface area contributed by atoms with E-state index in [9.17, 15) is 33.9 Å². The van der Waals surface area contributed by atoms with Gasteiger partial charge in [0.25, 0.3) is 0 Å². The largest absolute Gasteiger partial charge is 0.466 e. The monoisotopic (exact) mass is 1050 g/mol. The van der Waals surface area contributed by atoms with Gasteiger partial charge < -0.3 is 61.9 Å². The minimum absolute atomic E-state index is 0.00550. The third-order valence-corrected chi connectivity index (χ3v) is 13.7. The summed E-state index contributed by atoms with van der Waals surface area (Å²) in [6.07, 6.45) is -3.84. The van der Waals surface area contributed by atoms with Gasteiger partial charge in [0.2, 0.25) is 0 Å². The van der Waals surface area contributed by atoms with E-state index in [1.54, 1.807) is 13.2 Å². The van der Waals surface area contributed by atoms with Crippen LogP contribution >= 0.6 is 0 Å². The Kier molecular flexibility index (Phi) is 22.2. The zero-order chi connectivity index (χ0) is 54.2. The maximum absolute atomic E-state index is 12.8. The van der Waals surface area contributed by atoms with E-state index in [0.29, 0.717) is 45.1 Å². The van der Waals surface area contributed by atoms with Crippen LogP contribution in [0.2, 0.25) is 0 Å². The molecule has 7 rings (SSSR count). The topological polar surface area (TPSA) is 233 Å². The molecule has 412 valence electrons. The molecule has 0 saturated carbocycles. The summed E-state index contributed by atoms with van der Waals surface area (Å²) in [6, 6.07) is 19.1. The Bertz CT molecular complexity index is 2220. The second-order valence-corrected chi connectivity index (χ2v) is 19.7. The van der Waals surface area contributed by atoms with Gasteiger partial charge in [0.1, 0.15) is 43.2 Å². The highest BCUT2D eigenvalue weighted by Crippen LogP contribution is 2.48. The van der Waals surface area contributed by atoms with Crippen LogP contribution in [0.4, 0.5) is 0 Å². The van der Waals surface area contributed by atoms with E-state index in [1.807, 2.05) is 73.7 Å². The van der Waals surface area contributed by atoms with E-state index < -0.39 is 109 Å². The zero-order valence-electron chi connectivity index (χ0n) is 43.8. The van der Waals surface area contributed by atoms with Gasteiger partial charge in [0.05, 0.1) is 44.2 Å². The van der Waals surface area contributed by atoms with Crippen LogP contribution in [-0.4, -0.2) is 152 Å². The van der Waals surface area contributed by atoms with Crippen LogP contribution in [0, 0.1) is 5.92 Å². The first-order chi connectivity index (χ1) is 35.9. The van der Waals surface area contributed by atoms with E-state index in [2.05, 4.69) is 13.2 Å². The second-order valence-electron chi connectivity index (χ2n) is 19.7. The predicted octanol–water partition coefficient (Wildman–Crippen LogP) is 5.57. The number of hydrogen-bond acceptors (Lipinski definition) is 19. The molecule has 16 atom stereocenters. The number of Topliss-reactive ketones (excluding diaryl/α,β-unsaturated/α-hetero) is 2.